The van der Waals surface area contributed by atoms with Gasteiger partial charge in [0.25, 0.3) is 0 Å². The summed E-state index contributed by atoms with van der Waals surface area (Å²) in [5, 5.41) is 21.3. The van der Waals surface area contributed by atoms with Crippen LogP contribution in [-0.4, -0.2) is 10.2 Å². The molecule has 1 aliphatic carbocycles. The number of unbranched alkanes of at least 4 members (excludes halogenated alkanes) is 1. The molecular formula is C18H20O2. The molecule has 0 heterocycles. The number of aliphatic hydroxyl groups excluding tert-OH is 2. The van der Waals surface area contributed by atoms with Crippen molar-refractivity contribution in [2.75, 3.05) is 0 Å². The molecule has 2 aromatic rings. The van der Waals surface area contributed by atoms with Crippen molar-refractivity contribution >= 4 is 0 Å². The van der Waals surface area contributed by atoms with Crippen LogP contribution in [-0.2, 0) is 6.42 Å². The molecule has 2 atom stereocenters. The highest BCUT2D eigenvalue weighted by Gasteiger charge is 2.31. The molecule has 104 valence electrons. The molecule has 2 unspecified atom stereocenters. The van der Waals surface area contributed by atoms with Gasteiger partial charge in [0.15, 0.2) is 0 Å². The molecule has 2 aromatic carbocycles. The molecule has 2 N–H and O–H groups in total. The SMILES string of the molecule is CCCCc1cccc2c1C(O)c1ccccc1C2O. The van der Waals surface area contributed by atoms with Gasteiger partial charge in [-0.25, -0.2) is 0 Å². The predicted molar refractivity (Wildman–Crippen MR) is 79.6 cm³/mol. The van der Waals surface area contributed by atoms with Crippen molar-refractivity contribution in [3.05, 3.63) is 70.3 Å². The highest BCUT2D eigenvalue weighted by Crippen LogP contribution is 2.42. The van der Waals surface area contributed by atoms with Gasteiger partial charge >= 0.3 is 0 Å². The monoisotopic (exact) mass is 268 g/mol. The van der Waals surface area contributed by atoms with Gasteiger partial charge < -0.3 is 10.2 Å². The van der Waals surface area contributed by atoms with Crippen molar-refractivity contribution in [2.24, 2.45) is 0 Å². The number of rotatable bonds is 3. The van der Waals surface area contributed by atoms with E-state index in [1.807, 2.05) is 36.4 Å². The molecule has 0 bridgehead atoms. The highest BCUT2D eigenvalue weighted by atomic mass is 16.3. The van der Waals surface area contributed by atoms with Crippen molar-refractivity contribution in [3.63, 3.8) is 0 Å². The van der Waals surface area contributed by atoms with Crippen LogP contribution in [0.4, 0.5) is 0 Å². The van der Waals surface area contributed by atoms with Gasteiger partial charge in [0.05, 0.1) is 0 Å². The summed E-state index contributed by atoms with van der Waals surface area (Å²) in [7, 11) is 0. The van der Waals surface area contributed by atoms with Crippen molar-refractivity contribution in [3.8, 4) is 0 Å². The Balaban J connectivity index is 2.12. The van der Waals surface area contributed by atoms with Crippen LogP contribution in [0.15, 0.2) is 42.5 Å². The summed E-state index contributed by atoms with van der Waals surface area (Å²) in [5.74, 6) is 0. The van der Waals surface area contributed by atoms with Gasteiger partial charge in [-0.05, 0) is 40.7 Å². The van der Waals surface area contributed by atoms with Gasteiger partial charge in [-0.15, -0.1) is 0 Å². The minimum atomic E-state index is -0.633. The average molecular weight is 268 g/mol. The molecule has 0 spiro atoms. The molecule has 0 fully saturated rings. The molecule has 0 saturated carbocycles. The Bertz CT molecular complexity index is 619. The Morgan fingerprint density at radius 3 is 2.20 bits per heavy atom. The number of aliphatic hydroxyl groups is 2. The molecule has 1 aliphatic rings. The quantitative estimate of drug-likeness (QED) is 0.894. The maximum atomic E-state index is 10.7. The second-order valence-electron chi connectivity index (χ2n) is 5.46. The average Bonchev–Trinajstić information content (AvgIpc) is 2.50. The fourth-order valence-electron chi connectivity index (χ4n) is 3.12. The molecule has 0 saturated heterocycles. The Labute approximate surface area is 119 Å². The van der Waals surface area contributed by atoms with Crippen LogP contribution in [0.1, 0.15) is 59.8 Å². The number of hydrogen-bond donors (Lipinski definition) is 2. The van der Waals surface area contributed by atoms with Gasteiger partial charge in [-0.2, -0.15) is 0 Å². The second kappa shape index (κ2) is 5.39. The first-order valence-electron chi connectivity index (χ1n) is 7.30. The third-order valence-electron chi connectivity index (χ3n) is 4.18. The summed E-state index contributed by atoms with van der Waals surface area (Å²) in [4.78, 5) is 0. The smallest absolute Gasteiger partial charge is 0.105 e. The van der Waals surface area contributed by atoms with Gasteiger partial charge in [0, 0.05) is 0 Å². The fraction of sp³-hybridized carbons (Fsp3) is 0.333. The first-order chi connectivity index (χ1) is 9.74. The first-order valence-corrected chi connectivity index (χ1v) is 7.30. The van der Waals surface area contributed by atoms with E-state index in [2.05, 4.69) is 13.0 Å². The minimum Gasteiger partial charge on any atom is -0.384 e. The summed E-state index contributed by atoms with van der Waals surface area (Å²) in [6, 6.07) is 13.6. The molecule has 0 aliphatic heterocycles. The van der Waals surface area contributed by atoms with E-state index in [1.165, 1.54) is 0 Å². The highest BCUT2D eigenvalue weighted by molar-refractivity contribution is 5.52. The number of fused-ring (bicyclic) bond motifs is 2. The third kappa shape index (κ3) is 2.05. The van der Waals surface area contributed by atoms with Crippen LogP contribution in [0.3, 0.4) is 0 Å². The van der Waals surface area contributed by atoms with Gasteiger partial charge in [0.2, 0.25) is 0 Å². The Morgan fingerprint density at radius 1 is 0.850 bits per heavy atom. The van der Waals surface area contributed by atoms with E-state index in [-0.39, 0.29) is 0 Å². The first kappa shape index (κ1) is 13.3. The van der Waals surface area contributed by atoms with Crippen molar-refractivity contribution in [2.45, 2.75) is 38.4 Å². The van der Waals surface area contributed by atoms with Crippen molar-refractivity contribution in [1.82, 2.24) is 0 Å². The number of hydrogen-bond acceptors (Lipinski definition) is 2. The lowest BCUT2D eigenvalue weighted by molar-refractivity contribution is 0.172. The lowest BCUT2D eigenvalue weighted by atomic mass is 9.79. The molecule has 20 heavy (non-hydrogen) atoms. The molecule has 0 radical (unpaired) electrons. The van der Waals surface area contributed by atoms with Crippen LogP contribution in [0.25, 0.3) is 0 Å². The summed E-state index contributed by atoms with van der Waals surface area (Å²) in [6.45, 7) is 2.16. The largest absolute Gasteiger partial charge is 0.384 e. The van der Waals surface area contributed by atoms with E-state index < -0.39 is 12.2 Å². The molecule has 2 heteroatoms. The van der Waals surface area contributed by atoms with E-state index >= 15 is 0 Å². The van der Waals surface area contributed by atoms with Gasteiger partial charge in [-0.1, -0.05) is 55.8 Å². The molecule has 3 rings (SSSR count). The zero-order valence-corrected chi connectivity index (χ0v) is 11.7. The lowest BCUT2D eigenvalue weighted by Crippen LogP contribution is -2.19. The molecule has 2 nitrogen and oxygen atoms in total. The molecule has 0 amide bonds. The Hall–Kier alpha value is -1.64. The zero-order chi connectivity index (χ0) is 14.1. The van der Waals surface area contributed by atoms with Crippen LogP contribution in [0.5, 0.6) is 0 Å². The Morgan fingerprint density at radius 2 is 1.50 bits per heavy atom. The second-order valence-corrected chi connectivity index (χ2v) is 5.46. The van der Waals surface area contributed by atoms with E-state index in [9.17, 15) is 10.2 Å². The lowest BCUT2D eigenvalue weighted by Gasteiger charge is -2.30. The van der Waals surface area contributed by atoms with Gasteiger partial charge in [0.1, 0.15) is 12.2 Å². The normalized spacial score (nSPS) is 20.4. The summed E-state index contributed by atoms with van der Waals surface area (Å²) in [5.41, 5.74) is 4.57. The van der Waals surface area contributed by atoms with E-state index in [0.717, 1.165) is 47.1 Å². The summed E-state index contributed by atoms with van der Waals surface area (Å²) in [6.07, 6.45) is 1.91. The van der Waals surface area contributed by atoms with Crippen molar-refractivity contribution < 1.29 is 10.2 Å². The van der Waals surface area contributed by atoms with Crippen LogP contribution in [0, 0.1) is 0 Å². The van der Waals surface area contributed by atoms with Crippen LogP contribution in [0.2, 0.25) is 0 Å². The van der Waals surface area contributed by atoms with Crippen molar-refractivity contribution in [1.29, 1.82) is 0 Å². The standard InChI is InChI=1S/C18H20O2/c1-2-3-7-12-8-6-11-15-16(12)18(20)14-10-5-4-9-13(14)17(15)19/h4-6,8-11,17-20H,2-3,7H2,1H3. The third-order valence-corrected chi connectivity index (χ3v) is 4.18. The maximum Gasteiger partial charge on any atom is 0.105 e. The maximum absolute atomic E-state index is 10.7. The van der Waals surface area contributed by atoms with Gasteiger partial charge in [-0.3, -0.25) is 0 Å². The van der Waals surface area contributed by atoms with E-state index in [4.69, 9.17) is 0 Å². The minimum absolute atomic E-state index is 0.627. The van der Waals surface area contributed by atoms with E-state index in [0.29, 0.717) is 0 Å². The molecular weight excluding hydrogens is 248 g/mol. The summed E-state index contributed by atoms with van der Waals surface area (Å²) >= 11 is 0. The fourth-order valence-corrected chi connectivity index (χ4v) is 3.12. The predicted octanol–water partition coefficient (Wildman–Crippen LogP) is 3.51. The number of aryl methyl sites for hydroxylation is 1. The van der Waals surface area contributed by atoms with Crippen LogP contribution >= 0.6 is 0 Å². The number of benzene rings is 2. The topological polar surface area (TPSA) is 40.5 Å². The Kier molecular flexibility index (Phi) is 3.60. The zero-order valence-electron chi connectivity index (χ0n) is 11.7. The van der Waals surface area contributed by atoms with E-state index in [1.54, 1.807) is 0 Å². The summed E-state index contributed by atoms with van der Waals surface area (Å²) < 4.78 is 0. The molecule has 0 aromatic heterocycles. The van der Waals surface area contributed by atoms with Crippen LogP contribution < -0.4 is 0 Å².